The summed E-state index contributed by atoms with van der Waals surface area (Å²) in [6.45, 7) is 5.24. The van der Waals surface area contributed by atoms with Gasteiger partial charge in [-0.1, -0.05) is 38.1 Å². The van der Waals surface area contributed by atoms with Gasteiger partial charge in [-0.15, -0.1) is 0 Å². The van der Waals surface area contributed by atoms with Gasteiger partial charge in [0.1, 0.15) is 13.2 Å². The van der Waals surface area contributed by atoms with Gasteiger partial charge in [-0.25, -0.2) is 0 Å². The quantitative estimate of drug-likeness (QED) is 0.796. The van der Waals surface area contributed by atoms with Gasteiger partial charge < -0.3 is 9.47 Å². The molecule has 0 spiro atoms. The number of hydrogen-bond acceptors (Lipinski definition) is 4. The Kier molecular flexibility index (Phi) is 5.96. The molecule has 3 rings (SSSR count). The third-order valence-electron chi connectivity index (χ3n) is 4.41. The van der Waals surface area contributed by atoms with E-state index in [1.54, 1.807) is 18.2 Å². The normalized spacial score (nSPS) is 12.6. The molecule has 1 heterocycles. The number of carbonyl (C=O) groups is 2. The van der Waals surface area contributed by atoms with Crippen LogP contribution < -0.4 is 20.3 Å². The molecule has 2 N–H and O–H groups in total. The first-order valence-electron chi connectivity index (χ1n) is 9.10. The van der Waals surface area contributed by atoms with Crippen molar-refractivity contribution in [3.8, 4) is 11.5 Å². The molecular formula is C21H24N2O4. The van der Waals surface area contributed by atoms with Crippen molar-refractivity contribution in [1.29, 1.82) is 0 Å². The minimum Gasteiger partial charge on any atom is -0.486 e. The van der Waals surface area contributed by atoms with Crippen molar-refractivity contribution in [3.63, 3.8) is 0 Å². The van der Waals surface area contributed by atoms with Gasteiger partial charge in [0.2, 0.25) is 5.91 Å². The van der Waals surface area contributed by atoms with E-state index in [9.17, 15) is 9.59 Å². The van der Waals surface area contributed by atoms with Crippen LogP contribution in [0.2, 0.25) is 0 Å². The van der Waals surface area contributed by atoms with Crippen LogP contribution in [0, 0.1) is 0 Å². The Hall–Kier alpha value is -3.02. The Morgan fingerprint density at radius 2 is 1.67 bits per heavy atom. The summed E-state index contributed by atoms with van der Waals surface area (Å²) in [5.41, 5.74) is 7.64. The number of carbonyl (C=O) groups excluding carboxylic acids is 2. The van der Waals surface area contributed by atoms with Crippen molar-refractivity contribution >= 4 is 11.8 Å². The first kappa shape index (κ1) is 18.8. The number of amides is 2. The van der Waals surface area contributed by atoms with Gasteiger partial charge in [-0.05, 0) is 41.7 Å². The number of aryl methyl sites for hydroxylation is 1. The number of hydrogen-bond donors (Lipinski definition) is 2. The van der Waals surface area contributed by atoms with E-state index in [1.165, 1.54) is 5.56 Å². The fraction of sp³-hybridized carbons (Fsp3) is 0.333. The van der Waals surface area contributed by atoms with Crippen LogP contribution in [0.5, 0.6) is 11.5 Å². The van der Waals surface area contributed by atoms with Crippen LogP contribution in [0.15, 0.2) is 42.5 Å². The molecule has 2 amide bonds. The summed E-state index contributed by atoms with van der Waals surface area (Å²) in [6, 6.07) is 13.2. The highest BCUT2D eigenvalue weighted by atomic mass is 16.6. The monoisotopic (exact) mass is 368 g/mol. The van der Waals surface area contributed by atoms with Crippen LogP contribution in [-0.2, 0) is 11.2 Å². The smallest absolute Gasteiger partial charge is 0.269 e. The molecule has 2 aromatic rings. The van der Waals surface area contributed by atoms with Gasteiger partial charge >= 0.3 is 0 Å². The summed E-state index contributed by atoms with van der Waals surface area (Å²) < 4.78 is 10.9. The molecule has 0 atom stereocenters. The van der Waals surface area contributed by atoms with Crippen molar-refractivity contribution in [3.05, 3.63) is 59.2 Å². The van der Waals surface area contributed by atoms with Gasteiger partial charge in [0.15, 0.2) is 11.5 Å². The molecule has 2 aromatic carbocycles. The summed E-state index contributed by atoms with van der Waals surface area (Å²) in [5.74, 6) is 0.990. The molecule has 0 aromatic heterocycles. The second-order valence-electron chi connectivity index (χ2n) is 6.76. The lowest BCUT2D eigenvalue weighted by molar-refractivity contribution is -0.121. The van der Waals surface area contributed by atoms with E-state index in [0.717, 1.165) is 5.56 Å². The van der Waals surface area contributed by atoms with Crippen LogP contribution >= 0.6 is 0 Å². The van der Waals surface area contributed by atoms with Gasteiger partial charge in [0.25, 0.3) is 5.91 Å². The van der Waals surface area contributed by atoms with E-state index >= 15 is 0 Å². The van der Waals surface area contributed by atoms with Crippen molar-refractivity contribution in [2.24, 2.45) is 0 Å². The molecule has 1 aliphatic heterocycles. The molecule has 0 bridgehead atoms. The van der Waals surface area contributed by atoms with Crippen molar-refractivity contribution in [2.45, 2.75) is 32.6 Å². The largest absolute Gasteiger partial charge is 0.486 e. The van der Waals surface area contributed by atoms with E-state index < -0.39 is 5.91 Å². The molecule has 27 heavy (non-hydrogen) atoms. The lowest BCUT2D eigenvalue weighted by Gasteiger charge is -2.18. The average molecular weight is 368 g/mol. The van der Waals surface area contributed by atoms with Crippen LogP contribution in [0.25, 0.3) is 0 Å². The standard InChI is InChI=1S/C21H24N2O4/c1-14(2)16-6-3-15(4-7-16)5-10-20(24)22-23-21(25)17-8-9-18-19(13-17)27-12-11-26-18/h3-4,6-9,13-14H,5,10-12H2,1-2H3,(H,22,24)(H,23,25). The zero-order chi connectivity index (χ0) is 19.2. The maximum atomic E-state index is 12.2. The predicted molar refractivity (Wildman–Crippen MR) is 102 cm³/mol. The summed E-state index contributed by atoms with van der Waals surface area (Å²) in [4.78, 5) is 24.2. The zero-order valence-corrected chi connectivity index (χ0v) is 15.6. The summed E-state index contributed by atoms with van der Waals surface area (Å²) in [5, 5.41) is 0. The van der Waals surface area contributed by atoms with Crippen LogP contribution in [-0.4, -0.2) is 25.0 Å². The van der Waals surface area contributed by atoms with Gasteiger partial charge in [0.05, 0.1) is 0 Å². The highest BCUT2D eigenvalue weighted by Crippen LogP contribution is 2.30. The summed E-state index contributed by atoms with van der Waals surface area (Å²) in [6.07, 6.45) is 0.909. The second-order valence-corrected chi connectivity index (χ2v) is 6.76. The lowest BCUT2D eigenvalue weighted by atomic mass is 10.0. The minimum absolute atomic E-state index is 0.242. The Labute approximate surface area is 158 Å². The van der Waals surface area contributed by atoms with E-state index in [1.807, 2.05) is 12.1 Å². The fourth-order valence-electron chi connectivity index (χ4n) is 2.77. The SMILES string of the molecule is CC(C)c1ccc(CCC(=O)NNC(=O)c2ccc3c(c2)OCCO3)cc1. The summed E-state index contributed by atoms with van der Waals surface area (Å²) in [7, 11) is 0. The number of benzene rings is 2. The molecular weight excluding hydrogens is 344 g/mol. The van der Waals surface area contributed by atoms with E-state index in [2.05, 4.69) is 36.8 Å². The van der Waals surface area contributed by atoms with Crippen LogP contribution in [0.3, 0.4) is 0 Å². The predicted octanol–water partition coefficient (Wildman–Crippen LogP) is 2.98. The molecule has 0 fully saturated rings. The Morgan fingerprint density at radius 1 is 0.963 bits per heavy atom. The maximum absolute atomic E-state index is 12.2. The molecule has 0 saturated carbocycles. The van der Waals surface area contributed by atoms with Crippen molar-refractivity contribution < 1.29 is 19.1 Å². The number of hydrazine groups is 1. The average Bonchev–Trinajstić information content (AvgIpc) is 2.70. The summed E-state index contributed by atoms with van der Waals surface area (Å²) >= 11 is 0. The number of nitrogens with one attached hydrogen (secondary N) is 2. The third kappa shape index (κ3) is 5.00. The van der Waals surface area contributed by atoms with Gasteiger partial charge in [-0.3, -0.25) is 20.4 Å². The van der Waals surface area contributed by atoms with Crippen molar-refractivity contribution in [2.75, 3.05) is 13.2 Å². The van der Waals surface area contributed by atoms with Gasteiger partial charge in [-0.2, -0.15) is 0 Å². The number of rotatable bonds is 5. The van der Waals surface area contributed by atoms with E-state index in [-0.39, 0.29) is 5.91 Å². The van der Waals surface area contributed by atoms with Crippen molar-refractivity contribution in [1.82, 2.24) is 10.9 Å². The molecule has 6 nitrogen and oxygen atoms in total. The molecule has 0 radical (unpaired) electrons. The minimum atomic E-state index is -0.401. The third-order valence-corrected chi connectivity index (χ3v) is 4.41. The highest BCUT2D eigenvalue weighted by Gasteiger charge is 2.15. The first-order valence-corrected chi connectivity index (χ1v) is 9.10. The molecule has 142 valence electrons. The van der Waals surface area contributed by atoms with Crippen LogP contribution in [0.1, 0.15) is 47.7 Å². The number of ether oxygens (including phenoxy) is 2. The molecule has 1 aliphatic rings. The molecule has 6 heteroatoms. The molecule has 0 saturated heterocycles. The Balaban J connectivity index is 1.46. The lowest BCUT2D eigenvalue weighted by Crippen LogP contribution is -2.41. The molecule has 0 aliphatic carbocycles. The first-order chi connectivity index (χ1) is 13.0. The van der Waals surface area contributed by atoms with Gasteiger partial charge in [0, 0.05) is 12.0 Å². The fourth-order valence-corrected chi connectivity index (χ4v) is 2.77. The number of fused-ring (bicyclic) bond motifs is 1. The van der Waals surface area contributed by atoms with E-state index in [4.69, 9.17) is 9.47 Å². The maximum Gasteiger partial charge on any atom is 0.269 e. The Morgan fingerprint density at radius 3 is 2.37 bits per heavy atom. The zero-order valence-electron chi connectivity index (χ0n) is 15.6. The van der Waals surface area contributed by atoms with Crippen LogP contribution in [0.4, 0.5) is 0 Å². The molecule has 0 unspecified atom stereocenters. The van der Waals surface area contributed by atoms with E-state index in [0.29, 0.717) is 49.0 Å². The topological polar surface area (TPSA) is 76.7 Å². The second kappa shape index (κ2) is 8.58. The highest BCUT2D eigenvalue weighted by molar-refractivity contribution is 5.96. The Bertz CT molecular complexity index is 815.